The summed E-state index contributed by atoms with van der Waals surface area (Å²) in [5, 5.41) is 14.5. The SMILES string of the molecule is CC1(C)c2ccccc2-c2ccc3c(c21)c1ccccc1n3-c1cccc(-n2c3ccccc3c3cc(-n4c(-c5ccccc5)nnc4-c4ccccc4)ccc32)c1. The zero-order valence-corrected chi connectivity index (χ0v) is 32.1. The Bertz CT molecular complexity index is 3360. The second-order valence-corrected chi connectivity index (χ2v) is 15.9. The molecule has 3 aromatic heterocycles. The fraction of sp³-hybridized carbons (Fsp3) is 0.0566. The van der Waals surface area contributed by atoms with Crippen LogP contribution in [-0.2, 0) is 5.41 Å². The molecule has 0 bridgehead atoms. The highest BCUT2D eigenvalue weighted by Crippen LogP contribution is 2.53. The van der Waals surface area contributed by atoms with Gasteiger partial charge in [-0.2, -0.15) is 0 Å². The first-order chi connectivity index (χ1) is 28.6. The molecule has 11 aromatic rings. The fourth-order valence-electron chi connectivity index (χ4n) is 9.84. The van der Waals surface area contributed by atoms with Gasteiger partial charge in [0.1, 0.15) is 0 Å². The smallest absolute Gasteiger partial charge is 0.168 e. The molecule has 58 heavy (non-hydrogen) atoms. The van der Waals surface area contributed by atoms with Crippen LogP contribution in [0.25, 0.3) is 94.6 Å². The van der Waals surface area contributed by atoms with Crippen LogP contribution in [0.5, 0.6) is 0 Å². The molecule has 1 aliphatic rings. The van der Waals surface area contributed by atoms with Crippen molar-refractivity contribution in [3.8, 4) is 51.0 Å². The van der Waals surface area contributed by atoms with E-state index in [4.69, 9.17) is 10.2 Å². The molecule has 1 aliphatic carbocycles. The lowest BCUT2D eigenvalue weighted by Gasteiger charge is -2.22. The number of benzene rings is 8. The Morgan fingerprint density at radius 2 is 0.914 bits per heavy atom. The predicted molar refractivity (Wildman–Crippen MR) is 238 cm³/mol. The summed E-state index contributed by atoms with van der Waals surface area (Å²) in [7, 11) is 0. The summed E-state index contributed by atoms with van der Waals surface area (Å²) in [6.07, 6.45) is 0. The van der Waals surface area contributed by atoms with E-state index in [1.807, 2.05) is 36.4 Å². The molecule has 0 fully saturated rings. The minimum atomic E-state index is -0.124. The summed E-state index contributed by atoms with van der Waals surface area (Å²) < 4.78 is 7.06. The van der Waals surface area contributed by atoms with Crippen molar-refractivity contribution in [1.29, 1.82) is 0 Å². The first kappa shape index (κ1) is 32.7. The standard InChI is InChI=1S/C53H37N5/c1-53(2)44-25-12-9-22-39(44)41-29-31-48-49(50(41)53)42-24-11-14-27-46(42)57(48)37-21-15-20-36(32-37)56-45-26-13-10-23-40(45)43-33-38(28-30-47(43)56)58-51(34-16-5-3-6-17-34)54-55-52(58)35-18-7-4-8-19-35/h3-33H,1-2H3. The maximum Gasteiger partial charge on any atom is 0.168 e. The third-order valence-corrected chi connectivity index (χ3v) is 12.3. The van der Waals surface area contributed by atoms with Gasteiger partial charge < -0.3 is 9.13 Å². The summed E-state index contributed by atoms with van der Waals surface area (Å²) in [6.45, 7) is 4.76. The number of hydrogen-bond donors (Lipinski definition) is 0. The molecule has 0 unspecified atom stereocenters. The molecular formula is C53H37N5. The first-order valence-corrected chi connectivity index (χ1v) is 19.9. The van der Waals surface area contributed by atoms with Crippen LogP contribution >= 0.6 is 0 Å². The van der Waals surface area contributed by atoms with Crippen LogP contribution in [0.4, 0.5) is 0 Å². The molecule has 0 atom stereocenters. The summed E-state index contributed by atoms with van der Waals surface area (Å²) in [6, 6.07) is 67.6. The van der Waals surface area contributed by atoms with Gasteiger partial charge in [-0.15, -0.1) is 10.2 Å². The minimum absolute atomic E-state index is 0.124. The normalized spacial score (nSPS) is 13.1. The van der Waals surface area contributed by atoms with E-state index in [2.05, 4.69) is 179 Å². The van der Waals surface area contributed by atoms with E-state index in [1.54, 1.807) is 0 Å². The number of aromatic nitrogens is 5. The molecule has 0 radical (unpaired) electrons. The van der Waals surface area contributed by atoms with Crippen LogP contribution in [0.3, 0.4) is 0 Å². The maximum absolute atomic E-state index is 4.75. The van der Waals surface area contributed by atoms with Gasteiger partial charge in [-0.05, 0) is 76.9 Å². The van der Waals surface area contributed by atoms with Crippen molar-refractivity contribution in [3.05, 3.63) is 199 Å². The highest BCUT2D eigenvalue weighted by Gasteiger charge is 2.38. The van der Waals surface area contributed by atoms with Crippen LogP contribution in [0.15, 0.2) is 188 Å². The molecule has 0 aliphatic heterocycles. The average Bonchev–Trinajstić information content (AvgIpc) is 4.02. The molecule has 0 spiro atoms. The van der Waals surface area contributed by atoms with E-state index in [1.165, 1.54) is 54.8 Å². The molecule has 5 heteroatoms. The molecule has 5 nitrogen and oxygen atoms in total. The van der Waals surface area contributed by atoms with Crippen molar-refractivity contribution in [2.45, 2.75) is 19.3 Å². The van der Waals surface area contributed by atoms with Gasteiger partial charge in [0, 0.05) is 49.5 Å². The number of rotatable bonds is 5. The van der Waals surface area contributed by atoms with E-state index in [0.29, 0.717) is 0 Å². The van der Waals surface area contributed by atoms with Gasteiger partial charge in [0.25, 0.3) is 0 Å². The molecule has 0 saturated carbocycles. The van der Waals surface area contributed by atoms with Crippen molar-refractivity contribution in [2.24, 2.45) is 0 Å². The van der Waals surface area contributed by atoms with E-state index in [9.17, 15) is 0 Å². The number of para-hydroxylation sites is 2. The molecule has 8 aromatic carbocycles. The highest BCUT2D eigenvalue weighted by molar-refractivity contribution is 6.14. The monoisotopic (exact) mass is 743 g/mol. The quantitative estimate of drug-likeness (QED) is 0.176. The average molecular weight is 744 g/mol. The molecule has 0 amide bonds. The summed E-state index contributed by atoms with van der Waals surface area (Å²) >= 11 is 0. The van der Waals surface area contributed by atoms with Gasteiger partial charge in [-0.3, -0.25) is 4.57 Å². The van der Waals surface area contributed by atoms with Gasteiger partial charge in [0.05, 0.1) is 27.8 Å². The largest absolute Gasteiger partial charge is 0.309 e. The summed E-state index contributed by atoms with van der Waals surface area (Å²) in [5.74, 6) is 1.61. The second-order valence-electron chi connectivity index (χ2n) is 15.9. The zero-order chi connectivity index (χ0) is 38.5. The molecule has 274 valence electrons. The Labute approximate surface area is 335 Å². The lowest BCUT2D eigenvalue weighted by atomic mass is 9.80. The lowest BCUT2D eigenvalue weighted by molar-refractivity contribution is 0.666. The molecular weight excluding hydrogens is 707 g/mol. The van der Waals surface area contributed by atoms with Crippen LogP contribution in [0.1, 0.15) is 25.0 Å². The zero-order valence-electron chi connectivity index (χ0n) is 32.1. The minimum Gasteiger partial charge on any atom is -0.309 e. The predicted octanol–water partition coefficient (Wildman–Crippen LogP) is 13.1. The summed E-state index contributed by atoms with van der Waals surface area (Å²) in [4.78, 5) is 0. The molecule has 12 rings (SSSR count). The highest BCUT2D eigenvalue weighted by atomic mass is 15.3. The van der Waals surface area contributed by atoms with Crippen LogP contribution in [0, 0.1) is 0 Å². The van der Waals surface area contributed by atoms with Gasteiger partial charge in [-0.1, -0.05) is 147 Å². The maximum atomic E-state index is 4.75. The fourth-order valence-corrected chi connectivity index (χ4v) is 9.84. The Morgan fingerprint density at radius 1 is 0.379 bits per heavy atom. The van der Waals surface area contributed by atoms with E-state index in [-0.39, 0.29) is 5.41 Å². The number of nitrogens with zero attached hydrogens (tertiary/aromatic N) is 5. The molecule has 0 saturated heterocycles. The van der Waals surface area contributed by atoms with Crippen LogP contribution in [-0.4, -0.2) is 23.9 Å². The van der Waals surface area contributed by atoms with E-state index < -0.39 is 0 Å². The Morgan fingerprint density at radius 3 is 1.62 bits per heavy atom. The van der Waals surface area contributed by atoms with Gasteiger partial charge >= 0.3 is 0 Å². The Kier molecular flexibility index (Phi) is 6.91. The van der Waals surface area contributed by atoms with E-state index >= 15 is 0 Å². The molecule has 0 N–H and O–H groups in total. The van der Waals surface area contributed by atoms with Crippen molar-refractivity contribution < 1.29 is 0 Å². The Hall–Kier alpha value is -7.50. The van der Waals surface area contributed by atoms with Gasteiger partial charge in [-0.25, -0.2) is 0 Å². The summed E-state index contributed by atoms with van der Waals surface area (Å²) in [5.41, 5.74) is 15.4. The lowest BCUT2D eigenvalue weighted by Crippen LogP contribution is -2.15. The second kappa shape index (κ2) is 12.2. The topological polar surface area (TPSA) is 40.6 Å². The van der Waals surface area contributed by atoms with Gasteiger partial charge in [0.2, 0.25) is 0 Å². The third kappa shape index (κ3) is 4.58. The molecule has 3 heterocycles. The van der Waals surface area contributed by atoms with Crippen molar-refractivity contribution in [2.75, 3.05) is 0 Å². The third-order valence-electron chi connectivity index (χ3n) is 12.3. The Balaban J connectivity index is 1.06. The first-order valence-electron chi connectivity index (χ1n) is 19.9. The number of fused-ring (bicyclic) bond motifs is 10. The van der Waals surface area contributed by atoms with Crippen molar-refractivity contribution in [3.63, 3.8) is 0 Å². The van der Waals surface area contributed by atoms with Gasteiger partial charge in [0.15, 0.2) is 11.6 Å². The van der Waals surface area contributed by atoms with Crippen molar-refractivity contribution >= 4 is 43.6 Å². The van der Waals surface area contributed by atoms with Crippen molar-refractivity contribution in [1.82, 2.24) is 23.9 Å². The van der Waals surface area contributed by atoms with E-state index in [0.717, 1.165) is 50.9 Å². The number of hydrogen-bond acceptors (Lipinski definition) is 2. The van der Waals surface area contributed by atoms with Crippen LogP contribution in [0.2, 0.25) is 0 Å². The van der Waals surface area contributed by atoms with Crippen LogP contribution < -0.4 is 0 Å².